The van der Waals surface area contributed by atoms with Crippen molar-refractivity contribution < 1.29 is 4.74 Å². The van der Waals surface area contributed by atoms with Crippen LogP contribution in [0.1, 0.15) is 36.1 Å². The molecule has 0 spiro atoms. The topological polar surface area (TPSA) is 21.3 Å². The average molecular weight is 283 g/mol. The van der Waals surface area contributed by atoms with Gasteiger partial charge in [-0.2, -0.15) is 0 Å². The summed E-state index contributed by atoms with van der Waals surface area (Å²) in [4.78, 5) is 0. The number of nitrogens with one attached hydrogen (secondary N) is 1. The summed E-state index contributed by atoms with van der Waals surface area (Å²) in [7, 11) is 0. The van der Waals surface area contributed by atoms with Crippen LogP contribution in [-0.4, -0.2) is 6.04 Å². The molecule has 0 radical (unpaired) electrons. The van der Waals surface area contributed by atoms with E-state index in [0.29, 0.717) is 12.6 Å². The highest BCUT2D eigenvalue weighted by atomic mass is 16.5. The molecule has 2 aromatic carbocycles. The zero-order valence-corrected chi connectivity index (χ0v) is 13.4. The molecule has 21 heavy (non-hydrogen) atoms. The van der Waals surface area contributed by atoms with Gasteiger partial charge in [-0.05, 0) is 48.2 Å². The van der Waals surface area contributed by atoms with E-state index in [1.165, 1.54) is 22.3 Å². The summed E-state index contributed by atoms with van der Waals surface area (Å²) in [5.74, 6) is 0.944. The van der Waals surface area contributed by atoms with Gasteiger partial charge < -0.3 is 10.1 Å². The minimum Gasteiger partial charge on any atom is -0.489 e. The lowest BCUT2D eigenvalue weighted by molar-refractivity contribution is 0.304. The molecule has 0 aromatic heterocycles. The molecule has 0 unspecified atom stereocenters. The maximum Gasteiger partial charge on any atom is 0.120 e. The third-order valence-electron chi connectivity index (χ3n) is 3.41. The molecule has 0 saturated carbocycles. The van der Waals surface area contributed by atoms with Crippen LogP contribution in [0, 0.1) is 13.8 Å². The van der Waals surface area contributed by atoms with E-state index < -0.39 is 0 Å². The van der Waals surface area contributed by atoms with Crippen molar-refractivity contribution in [2.75, 3.05) is 0 Å². The molecule has 0 aliphatic carbocycles. The van der Waals surface area contributed by atoms with E-state index in [-0.39, 0.29) is 0 Å². The number of rotatable bonds is 6. The molecule has 0 heterocycles. The van der Waals surface area contributed by atoms with Gasteiger partial charge in [0.25, 0.3) is 0 Å². The molecule has 0 atom stereocenters. The second kappa shape index (κ2) is 7.28. The zero-order valence-electron chi connectivity index (χ0n) is 13.4. The normalized spacial score (nSPS) is 10.9. The van der Waals surface area contributed by atoms with Crippen molar-refractivity contribution >= 4 is 0 Å². The van der Waals surface area contributed by atoms with Crippen LogP contribution in [0.2, 0.25) is 0 Å². The van der Waals surface area contributed by atoms with Gasteiger partial charge in [0.2, 0.25) is 0 Å². The first-order chi connectivity index (χ1) is 10.0. The van der Waals surface area contributed by atoms with Crippen molar-refractivity contribution in [2.24, 2.45) is 0 Å². The first-order valence-corrected chi connectivity index (χ1v) is 7.56. The van der Waals surface area contributed by atoms with Crippen LogP contribution in [0.3, 0.4) is 0 Å². The van der Waals surface area contributed by atoms with E-state index in [1.54, 1.807) is 0 Å². The highest BCUT2D eigenvalue weighted by Gasteiger charge is 2.04. The second-order valence-electron chi connectivity index (χ2n) is 5.92. The Kier molecular flexibility index (Phi) is 5.40. The third-order valence-corrected chi connectivity index (χ3v) is 3.41. The molecule has 1 N–H and O–H groups in total. The smallest absolute Gasteiger partial charge is 0.120 e. The van der Waals surface area contributed by atoms with Crippen LogP contribution in [-0.2, 0) is 13.2 Å². The molecular formula is C19H25NO. The summed E-state index contributed by atoms with van der Waals surface area (Å²) in [5.41, 5.74) is 5.01. The molecule has 2 nitrogen and oxygen atoms in total. The Hall–Kier alpha value is -1.80. The first-order valence-electron chi connectivity index (χ1n) is 7.56. The van der Waals surface area contributed by atoms with Crippen LogP contribution in [0.25, 0.3) is 0 Å². The molecule has 0 bridgehead atoms. The van der Waals surface area contributed by atoms with Crippen molar-refractivity contribution in [2.45, 2.75) is 46.9 Å². The van der Waals surface area contributed by atoms with E-state index in [2.05, 4.69) is 75.5 Å². The molecule has 2 aromatic rings. The Morgan fingerprint density at radius 1 is 0.952 bits per heavy atom. The Labute approximate surface area is 128 Å². The largest absolute Gasteiger partial charge is 0.489 e. The second-order valence-corrected chi connectivity index (χ2v) is 5.92. The summed E-state index contributed by atoms with van der Waals surface area (Å²) in [6.07, 6.45) is 0. The Bertz CT molecular complexity index is 570. The fraction of sp³-hybridized carbons (Fsp3) is 0.368. The molecule has 0 aliphatic rings. The lowest BCUT2D eigenvalue weighted by atomic mass is 10.1. The lowest BCUT2D eigenvalue weighted by Gasteiger charge is -2.14. The average Bonchev–Trinajstić information content (AvgIpc) is 2.42. The van der Waals surface area contributed by atoms with Gasteiger partial charge in [0.1, 0.15) is 12.4 Å². The van der Waals surface area contributed by atoms with E-state index in [9.17, 15) is 0 Å². The van der Waals surface area contributed by atoms with Gasteiger partial charge in [-0.15, -0.1) is 0 Å². The van der Waals surface area contributed by atoms with Crippen LogP contribution >= 0.6 is 0 Å². The predicted octanol–water partition coefficient (Wildman–Crippen LogP) is 4.38. The predicted molar refractivity (Wildman–Crippen MR) is 88.7 cm³/mol. The number of aryl methyl sites for hydroxylation is 2. The van der Waals surface area contributed by atoms with Gasteiger partial charge in [-0.1, -0.05) is 44.2 Å². The maximum absolute atomic E-state index is 5.97. The summed E-state index contributed by atoms with van der Waals surface area (Å²) >= 11 is 0. The van der Waals surface area contributed by atoms with E-state index >= 15 is 0 Å². The van der Waals surface area contributed by atoms with E-state index in [0.717, 1.165) is 12.3 Å². The highest BCUT2D eigenvalue weighted by molar-refractivity contribution is 5.34. The van der Waals surface area contributed by atoms with Crippen LogP contribution in [0.15, 0.2) is 42.5 Å². The standard InChI is InChI=1S/C19H25NO/c1-14(2)20-12-17-7-5-6-8-18(17)13-21-19-10-15(3)9-16(4)11-19/h5-11,14,20H,12-13H2,1-4H3. The first kappa shape index (κ1) is 15.6. The Morgan fingerprint density at radius 3 is 2.19 bits per heavy atom. The molecule has 0 saturated heterocycles. The van der Waals surface area contributed by atoms with Gasteiger partial charge >= 0.3 is 0 Å². The monoisotopic (exact) mass is 283 g/mol. The van der Waals surface area contributed by atoms with E-state index in [4.69, 9.17) is 4.74 Å². The number of benzene rings is 2. The summed E-state index contributed by atoms with van der Waals surface area (Å²) in [6.45, 7) is 10.0. The molecule has 2 rings (SSSR count). The van der Waals surface area contributed by atoms with Crippen molar-refractivity contribution in [1.29, 1.82) is 0 Å². The van der Waals surface area contributed by atoms with Gasteiger partial charge in [-0.25, -0.2) is 0 Å². The fourth-order valence-electron chi connectivity index (χ4n) is 2.36. The van der Waals surface area contributed by atoms with Crippen LogP contribution < -0.4 is 10.1 Å². The molecule has 0 fully saturated rings. The van der Waals surface area contributed by atoms with Gasteiger partial charge in [0.05, 0.1) is 0 Å². The SMILES string of the molecule is Cc1cc(C)cc(OCc2ccccc2CNC(C)C)c1. The Morgan fingerprint density at radius 2 is 1.57 bits per heavy atom. The van der Waals surface area contributed by atoms with E-state index in [1.807, 2.05) is 0 Å². The zero-order chi connectivity index (χ0) is 15.2. The number of hydrogen-bond donors (Lipinski definition) is 1. The summed E-state index contributed by atoms with van der Waals surface area (Å²) in [5, 5.41) is 3.46. The molecule has 0 amide bonds. The lowest BCUT2D eigenvalue weighted by Crippen LogP contribution is -2.22. The van der Waals surface area contributed by atoms with Crippen molar-refractivity contribution in [3.8, 4) is 5.75 Å². The van der Waals surface area contributed by atoms with Crippen molar-refractivity contribution in [3.05, 3.63) is 64.7 Å². The van der Waals surface area contributed by atoms with Crippen molar-refractivity contribution in [3.63, 3.8) is 0 Å². The van der Waals surface area contributed by atoms with Crippen molar-refractivity contribution in [1.82, 2.24) is 5.32 Å². The van der Waals surface area contributed by atoms with Gasteiger partial charge in [0.15, 0.2) is 0 Å². The minimum atomic E-state index is 0.485. The summed E-state index contributed by atoms with van der Waals surface area (Å²) < 4.78 is 5.97. The molecule has 0 aliphatic heterocycles. The Balaban J connectivity index is 2.05. The number of ether oxygens (including phenoxy) is 1. The molecule has 112 valence electrons. The highest BCUT2D eigenvalue weighted by Crippen LogP contribution is 2.19. The minimum absolute atomic E-state index is 0.485. The maximum atomic E-state index is 5.97. The summed E-state index contributed by atoms with van der Waals surface area (Å²) in [6, 6.07) is 15.3. The molecular weight excluding hydrogens is 258 g/mol. The fourth-order valence-corrected chi connectivity index (χ4v) is 2.36. The quantitative estimate of drug-likeness (QED) is 0.849. The van der Waals surface area contributed by atoms with Gasteiger partial charge in [-0.3, -0.25) is 0 Å². The van der Waals surface area contributed by atoms with Crippen LogP contribution in [0.4, 0.5) is 0 Å². The van der Waals surface area contributed by atoms with Crippen LogP contribution in [0.5, 0.6) is 5.75 Å². The third kappa shape index (κ3) is 4.91. The number of hydrogen-bond acceptors (Lipinski definition) is 2. The molecule has 2 heteroatoms. The van der Waals surface area contributed by atoms with Gasteiger partial charge in [0, 0.05) is 12.6 Å².